The quantitative estimate of drug-likeness (QED) is 0.792. The van der Waals surface area contributed by atoms with Crippen LogP contribution in [0, 0.1) is 5.41 Å². The minimum Gasteiger partial charge on any atom is -0.475 e. The number of amides is 1. The molecule has 1 saturated carbocycles. The van der Waals surface area contributed by atoms with Crippen LogP contribution in [0.15, 0.2) is 10.6 Å². The monoisotopic (exact) mass is 224 g/mol. The average Bonchev–Trinajstić information content (AvgIpc) is 2.81. The number of carboxylic acids is 1. The van der Waals surface area contributed by atoms with E-state index in [-0.39, 0.29) is 16.9 Å². The molecule has 86 valence electrons. The molecule has 0 unspecified atom stereocenters. The Morgan fingerprint density at radius 2 is 2.31 bits per heavy atom. The zero-order valence-electron chi connectivity index (χ0n) is 8.82. The summed E-state index contributed by atoms with van der Waals surface area (Å²) < 4.78 is 4.48. The molecule has 1 amide bonds. The Morgan fingerprint density at radius 1 is 1.62 bits per heavy atom. The van der Waals surface area contributed by atoms with Crippen LogP contribution in [0.5, 0.6) is 0 Å². The highest BCUT2D eigenvalue weighted by molar-refractivity contribution is 5.94. The Hall–Kier alpha value is -1.85. The van der Waals surface area contributed by atoms with Crippen LogP contribution in [0.4, 0.5) is 0 Å². The standard InChI is InChI=1S/C10H12N2O4/c1-10(2-3-10)5-11-8(13)6-4-7(9(14)15)16-12-6/h4H,2-3,5H2,1H3,(H,11,13)(H,14,15). The second-order valence-electron chi connectivity index (χ2n) is 4.37. The first kappa shape index (κ1) is 10.7. The van der Waals surface area contributed by atoms with Crippen LogP contribution in [-0.2, 0) is 0 Å². The van der Waals surface area contributed by atoms with Gasteiger partial charge in [0.1, 0.15) is 0 Å². The van der Waals surface area contributed by atoms with Crippen LogP contribution in [0.2, 0.25) is 0 Å². The van der Waals surface area contributed by atoms with E-state index in [0.717, 1.165) is 18.9 Å². The van der Waals surface area contributed by atoms with Crippen molar-refractivity contribution in [1.82, 2.24) is 10.5 Å². The van der Waals surface area contributed by atoms with Gasteiger partial charge in [0.25, 0.3) is 5.91 Å². The van der Waals surface area contributed by atoms with Crippen LogP contribution in [0.3, 0.4) is 0 Å². The maximum atomic E-state index is 11.5. The van der Waals surface area contributed by atoms with Crippen molar-refractivity contribution >= 4 is 11.9 Å². The molecular formula is C10H12N2O4. The Morgan fingerprint density at radius 3 is 2.81 bits per heavy atom. The van der Waals surface area contributed by atoms with Crippen LogP contribution in [0.25, 0.3) is 0 Å². The number of rotatable bonds is 4. The van der Waals surface area contributed by atoms with E-state index < -0.39 is 11.9 Å². The van der Waals surface area contributed by atoms with Gasteiger partial charge in [0, 0.05) is 12.6 Å². The number of nitrogens with zero attached hydrogens (tertiary/aromatic N) is 1. The molecule has 1 aromatic heterocycles. The molecule has 2 rings (SSSR count). The van der Waals surface area contributed by atoms with E-state index >= 15 is 0 Å². The average molecular weight is 224 g/mol. The lowest BCUT2D eigenvalue weighted by molar-refractivity contribution is 0.0651. The summed E-state index contributed by atoms with van der Waals surface area (Å²) in [7, 11) is 0. The first-order chi connectivity index (χ1) is 7.50. The smallest absolute Gasteiger partial charge is 0.374 e. The molecule has 0 aromatic carbocycles. The summed E-state index contributed by atoms with van der Waals surface area (Å²) in [5, 5.41) is 14.7. The molecule has 0 atom stereocenters. The lowest BCUT2D eigenvalue weighted by atomic mass is 10.1. The fourth-order valence-electron chi connectivity index (χ4n) is 1.26. The number of aromatic carboxylic acids is 1. The van der Waals surface area contributed by atoms with Crippen molar-refractivity contribution in [3.05, 3.63) is 17.5 Å². The third-order valence-electron chi connectivity index (χ3n) is 2.73. The number of hydrogen-bond acceptors (Lipinski definition) is 4. The fraction of sp³-hybridized carbons (Fsp3) is 0.500. The highest BCUT2D eigenvalue weighted by atomic mass is 16.5. The molecule has 1 aliphatic carbocycles. The molecule has 6 heteroatoms. The molecule has 1 heterocycles. The number of carbonyl (C=O) groups excluding carboxylic acids is 1. The number of nitrogens with one attached hydrogen (secondary N) is 1. The summed E-state index contributed by atoms with van der Waals surface area (Å²) in [5.41, 5.74) is 0.205. The minimum atomic E-state index is -1.24. The second-order valence-corrected chi connectivity index (χ2v) is 4.37. The topological polar surface area (TPSA) is 92.4 Å². The molecule has 0 radical (unpaired) electrons. The minimum absolute atomic E-state index is 0.00153. The summed E-state index contributed by atoms with van der Waals surface area (Å²) in [5.74, 6) is -1.96. The number of carboxylic acid groups (broad SMARTS) is 1. The van der Waals surface area contributed by atoms with E-state index in [1.54, 1.807) is 0 Å². The zero-order chi connectivity index (χ0) is 11.8. The number of hydrogen-bond donors (Lipinski definition) is 2. The normalized spacial score (nSPS) is 16.8. The Bertz CT molecular complexity index is 434. The largest absolute Gasteiger partial charge is 0.475 e. The molecule has 0 saturated heterocycles. The van der Waals surface area contributed by atoms with Crippen molar-refractivity contribution in [2.45, 2.75) is 19.8 Å². The van der Waals surface area contributed by atoms with Crippen molar-refractivity contribution in [1.29, 1.82) is 0 Å². The van der Waals surface area contributed by atoms with Gasteiger partial charge < -0.3 is 14.9 Å². The maximum absolute atomic E-state index is 11.5. The van der Waals surface area contributed by atoms with Gasteiger partial charge in [-0.25, -0.2) is 4.79 Å². The van der Waals surface area contributed by atoms with Gasteiger partial charge in [-0.15, -0.1) is 0 Å². The number of aromatic nitrogens is 1. The van der Waals surface area contributed by atoms with E-state index in [9.17, 15) is 9.59 Å². The van der Waals surface area contributed by atoms with Gasteiger partial charge in [-0.2, -0.15) is 0 Å². The van der Waals surface area contributed by atoms with Crippen LogP contribution < -0.4 is 5.32 Å². The third kappa shape index (κ3) is 2.21. The van der Waals surface area contributed by atoms with Gasteiger partial charge in [-0.3, -0.25) is 4.79 Å². The molecule has 6 nitrogen and oxygen atoms in total. The van der Waals surface area contributed by atoms with Gasteiger partial charge in [0.2, 0.25) is 5.76 Å². The van der Waals surface area contributed by atoms with Gasteiger partial charge in [-0.05, 0) is 18.3 Å². The molecule has 1 aliphatic rings. The van der Waals surface area contributed by atoms with E-state index in [4.69, 9.17) is 5.11 Å². The SMILES string of the molecule is CC1(CNC(=O)c2cc(C(=O)O)on2)CC1. The van der Waals surface area contributed by atoms with Crippen molar-refractivity contribution in [2.24, 2.45) is 5.41 Å². The van der Waals surface area contributed by atoms with Crippen LogP contribution in [-0.4, -0.2) is 28.7 Å². The molecule has 0 spiro atoms. The lowest BCUT2D eigenvalue weighted by Gasteiger charge is -2.07. The summed E-state index contributed by atoms with van der Waals surface area (Å²) in [6, 6.07) is 1.12. The predicted molar refractivity (Wildman–Crippen MR) is 53.1 cm³/mol. The molecule has 0 bridgehead atoms. The molecule has 1 aromatic rings. The first-order valence-electron chi connectivity index (χ1n) is 4.98. The second kappa shape index (κ2) is 3.62. The maximum Gasteiger partial charge on any atom is 0.374 e. The summed E-state index contributed by atoms with van der Waals surface area (Å²) in [4.78, 5) is 22.0. The van der Waals surface area contributed by atoms with Gasteiger partial charge in [0.15, 0.2) is 5.69 Å². The van der Waals surface area contributed by atoms with Gasteiger partial charge in [0.05, 0.1) is 0 Å². The first-order valence-corrected chi connectivity index (χ1v) is 4.98. The van der Waals surface area contributed by atoms with Crippen LogP contribution in [0.1, 0.15) is 40.8 Å². The van der Waals surface area contributed by atoms with E-state index in [1.807, 2.05) is 0 Å². The highest BCUT2D eigenvalue weighted by Crippen LogP contribution is 2.44. The van der Waals surface area contributed by atoms with Gasteiger partial charge >= 0.3 is 5.97 Å². The van der Waals surface area contributed by atoms with Crippen molar-refractivity contribution in [3.8, 4) is 0 Å². The van der Waals surface area contributed by atoms with Crippen molar-refractivity contribution in [3.63, 3.8) is 0 Å². The summed E-state index contributed by atoms with van der Waals surface area (Å²) >= 11 is 0. The summed E-state index contributed by atoms with van der Waals surface area (Å²) in [6.45, 7) is 2.67. The van der Waals surface area contributed by atoms with Crippen molar-refractivity contribution in [2.75, 3.05) is 6.54 Å². The molecule has 1 fully saturated rings. The molecular weight excluding hydrogens is 212 g/mol. The highest BCUT2D eigenvalue weighted by Gasteiger charge is 2.37. The van der Waals surface area contributed by atoms with E-state index in [2.05, 4.69) is 21.9 Å². The fourth-order valence-corrected chi connectivity index (χ4v) is 1.26. The Balaban J connectivity index is 1.95. The molecule has 0 aliphatic heterocycles. The zero-order valence-corrected chi connectivity index (χ0v) is 8.82. The molecule has 2 N–H and O–H groups in total. The van der Waals surface area contributed by atoms with Gasteiger partial charge in [-0.1, -0.05) is 12.1 Å². The van der Waals surface area contributed by atoms with E-state index in [1.165, 1.54) is 0 Å². The Labute approximate surface area is 91.6 Å². The van der Waals surface area contributed by atoms with Crippen molar-refractivity contribution < 1.29 is 19.2 Å². The predicted octanol–water partition coefficient (Wildman–Crippen LogP) is 0.903. The Kier molecular flexibility index (Phi) is 2.41. The summed E-state index contributed by atoms with van der Waals surface area (Å²) in [6.07, 6.45) is 2.21. The van der Waals surface area contributed by atoms with Crippen LogP contribution >= 0.6 is 0 Å². The number of carbonyl (C=O) groups is 2. The van der Waals surface area contributed by atoms with E-state index in [0.29, 0.717) is 6.54 Å². The lowest BCUT2D eigenvalue weighted by Crippen LogP contribution is -2.29. The molecule has 16 heavy (non-hydrogen) atoms. The third-order valence-corrected chi connectivity index (χ3v) is 2.73.